The van der Waals surface area contributed by atoms with Gasteiger partial charge in [0, 0.05) is 31.2 Å². The normalized spacial score (nSPS) is 17.5. The third kappa shape index (κ3) is 6.20. The van der Waals surface area contributed by atoms with E-state index in [-0.39, 0.29) is 17.6 Å². The van der Waals surface area contributed by atoms with E-state index in [1.807, 2.05) is 4.57 Å². The summed E-state index contributed by atoms with van der Waals surface area (Å²) in [6.45, 7) is 3.76. The van der Waals surface area contributed by atoms with E-state index in [2.05, 4.69) is 22.4 Å². The lowest BCUT2D eigenvalue weighted by Crippen LogP contribution is -2.39. The summed E-state index contributed by atoms with van der Waals surface area (Å²) >= 11 is 1.33. The lowest BCUT2D eigenvalue weighted by molar-refractivity contribution is -0.113. The van der Waals surface area contributed by atoms with Gasteiger partial charge in [-0.25, -0.2) is 12.7 Å². The predicted molar refractivity (Wildman–Crippen MR) is 121 cm³/mol. The lowest BCUT2D eigenvalue weighted by Gasteiger charge is -2.30. The highest BCUT2D eigenvalue weighted by Gasteiger charge is 2.30. The Hall–Kier alpha value is -2.11. The number of carbonyl (C=O) groups is 1. The van der Waals surface area contributed by atoms with Crippen molar-refractivity contribution < 1.29 is 17.9 Å². The molecule has 1 aliphatic heterocycles. The molecule has 1 fully saturated rings. The van der Waals surface area contributed by atoms with Crippen LogP contribution in [0.15, 0.2) is 29.4 Å². The number of ether oxygens (including phenoxy) is 1. The maximum atomic E-state index is 12.4. The molecule has 0 spiro atoms. The van der Waals surface area contributed by atoms with Crippen LogP contribution in [0.25, 0.3) is 0 Å². The Morgan fingerprint density at radius 2 is 2.03 bits per heavy atom. The number of nitrogens with one attached hydrogen (secondary N) is 1. The standard InChI is InChI=1S/C20H29N5O4S2/c1-4-11-25-19(15-6-5-12-24(13-15)31(3,27)28)22-23-20(25)30-14-18(26)21-16-7-9-17(29-2)10-8-16/h7-10,15H,4-6,11-14H2,1-3H3,(H,21,26). The number of anilines is 1. The molecular formula is C20H29N5O4S2. The van der Waals surface area contributed by atoms with Crippen LogP contribution in [0.2, 0.25) is 0 Å². The Labute approximate surface area is 187 Å². The molecule has 0 bridgehead atoms. The smallest absolute Gasteiger partial charge is 0.234 e. The van der Waals surface area contributed by atoms with E-state index in [1.54, 1.807) is 31.4 Å². The van der Waals surface area contributed by atoms with Crippen molar-refractivity contribution in [3.63, 3.8) is 0 Å². The monoisotopic (exact) mass is 467 g/mol. The highest BCUT2D eigenvalue weighted by molar-refractivity contribution is 7.99. The third-order valence-electron chi connectivity index (χ3n) is 5.12. The van der Waals surface area contributed by atoms with Crippen molar-refractivity contribution >= 4 is 33.4 Å². The second-order valence-corrected chi connectivity index (χ2v) is 10.4. The number of sulfonamides is 1. The number of methoxy groups -OCH3 is 1. The van der Waals surface area contributed by atoms with Gasteiger partial charge in [-0.3, -0.25) is 4.79 Å². The van der Waals surface area contributed by atoms with E-state index in [0.717, 1.165) is 37.4 Å². The van der Waals surface area contributed by atoms with Crippen LogP contribution in [0.4, 0.5) is 5.69 Å². The highest BCUT2D eigenvalue weighted by atomic mass is 32.2. The molecule has 2 aromatic rings. The summed E-state index contributed by atoms with van der Waals surface area (Å²) in [4.78, 5) is 12.4. The number of amides is 1. The average Bonchev–Trinajstić information content (AvgIpc) is 3.15. The molecule has 1 aliphatic rings. The highest BCUT2D eigenvalue weighted by Crippen LogP contribution is 2.30. The summed E-state index contributed by atoms with van der Waals surface area (Å²) < 4.78 is 32.6. The van der Waals surface area contributed by atoms with Gasteiger partial charge in [-0.05, 0) is 43.5 Å². The molecule has 170 valence electrons. The van der Waals surface area contributed by atoms with E-state index in [4.69, 9.17) is 4.74 Å². The molecule has 11 heteroatoms. The molecular weight excluding hydrogens is 438 g/mol. The first-order chi connectivity index (χ1) is 14.8. The lowest BCUT2D eigenvalue weighted by atomic mass is 9.99. The van der Waals surface area contributed by atoms with Crippen LogP contribution >= 0.6 is 11.8 Å². The fourth-order valence-electron chi connectivity index (χ4n) is 3.60. The summed E-state index contributed by atoms with van der Waals surface area (Å²) in [5.74, 6) is 1.60. The van der Waals surface area contributed by atoms with Gasteiger partial charge in [0.1, 0.15) is 11.6 Å². The number of piperidine rings is 1. The molecule has 0 saturated carbocycles. The van der Waals surface area contributed by atoms with Gasteiger partial charge in [0.25, 0.3) is 0 Å². The number of aromatic nitrogens is 3. The fraction of sp³-hybridized carbons (Fsp3) is 0.550. The number of rotatable bonds is 9. The summed E-state index contributed by atoms with van der Waals surface area (Å²) in [6.07, 6.45) is 3.80. The molecule has 0 aliphatic carbocycles. The zero-order valence-corrected chi connectivity index (χ0v) is 19.7. The Kier molecular flexibility index (Phi) is 7.95. The number of thioether (sulfide) groups is 1. The van der Waals surface area contributed by atoms with E-state index in [0.29, 0.717) is 23.9 Å². The van der Waals surface area contributed by atoms with Crippen molar-refractivity contribution in [1.29, 1.82) is 0 Å². The maximum absolute atomic E-state index is 12.4. The Bertz CT molecular complexity index is 991. The van der Waals surface area contributed by atoms with Crippen molar-refractivity contribution in [3.8, 4) is 5.75 Å². The minimum absolute atomic E-state index is 0.00463. The van der Waals surface area contributed by atoms with Crippen molar-refractivity contribution in [2.24, 2.45) is 0 Å². The average molecular weight is 468 g/mol. The van der Waals surface area contributed by atoms with Crippen molar-refractivity contribution in [3.05, 3.63) is 30.1 Å². The predicted octanol–water partition coefficient (Wildman–Crippen LogP) is 2.57. The molecule has 1 aromatic carbocycles. The molecule has 1 saturated heterocycles. The van der Waals surface area contributed by atoms with Crippen molar-refractivity contribution in [2.45, 2.75) is 43.8 Å². The first-order valence-corrected chi connectivity index (χ1v) is 13.1. The Balaban J connectivity index is 1.66. The number of nitrogens with zero attached hydrogens (tertiary/aromatic N) is 4. The van der Waals surface area contributed by atoms with Crippen molar-refractivity contribution in [2.75, 3.05) is 37.5 Å². The van der Waals surface area contributed by atoms with Gasteiger partial charge in [-0.1, -0.05) is 18.7 Å². The van der Waals surface area contributed by atoms with Crippen LogP contribution in [0.5, 0.6) is 5.75 Å². The first kappa shape index (κ1) is 23.6. The van der Waals surface area contributed by atoms with Crippen LogP contribution in [0.3, 0.4) is 0 Å². The molecule has 9 nitrogen and oxygen atoms in total. The molecule has 1 unspecified atom stereocenters. The summed E-state index contributed by atoms with van der Waals surface area (Å²) in [5, 5.41) is 12.2. The fourth-order valence-corrected chi connectivity index (χ4v) is 5.28. The van der Waals surface area contributed by atoms with E-state index >= 15 is 0 Å². The third-order valence-corrected chi connectivity index (χ3v) is 7.35. The Morgan fingerprint density at radius 3 is 2.68 bits per heavy atom. The minimum Gasteiger partial charge on any atom is -0.497 e. The molecule has 1 atom stereocenters. The van der Waals surface area contributed by atoms with Gasteiger partial charge in [-0.2, -0.15) is 0 Å². The zero-order valence-electron chi connectivity index (χ0n) is 18.1. The molecule has 0 radical (unpaired) electrons. The largest absolute Gasteiger partial charge is 0.497 e. The molecule has 3 rings (SSSR count). The van der Waals surface area contributed by atoms with Crippen LogP contribution in [-0.2, 0) is 21.4 Å². The summed E-state index contributed by atoms with van der Waals surface area (Å²) in [5.41, 5.74) is 0.699. The molecule has 1 amide bonds. The van der Waals surface area contributed by atoms with Gasteiger partial charge in [-0.15, -0.1) is 10.2 Å². The zero-order chi connectivity index (χ0) is 22.4. The molecule has 1 N–H and O–H groups in total. The number of carbonyl (C=O) groups excluding carboxylic acids is 1. The van der Waals surface area contributed by atoms with Crippen LogP contribution < -0.4 is 10.1 Å². The van der Waals surface area contributed by atoms with E-state index < -0.39 is 10.0 Å². The van der Waals surface area contributed by atoms with E-state index in [9.17, 15) is 13.2 Å². The molecule has 2 heterocycles. The first-order valence-electron chi connectivity index (χ1n) is 10.3. The van der Waals surface area contributed by atoms with Gasteiger partial charge >= 0.3 is 0 Å². The van der Waals surface area contributed by atoms with Gasteiger partial charge in [0.2, 0.25) is 15.9 Å². The van der Waals surface area contributed by atoms with Crippen LogP contribution in [-0.4, -0.2) is 65.6 Å². The van der Waals surface area contributed by atoms with Crippen molar-refractivity contribution in [1.82, 2.24) is 19.1 Å². The SMILES string of the molecule is CCCn1c(SCC(=O)Nc2ccc(OC)cc2)nnc1C1CCCN(S(C)(=O)=O)C1. The minimum atomic E-state index is -3.23. The van der Waals surface area contributed by atoms with Crippen LogP contribution in [0.1, 0.15) is 37.9 Å². The topological polar surface area (TPSA) is 106 Å². The summed E-state index contributed by atoms with van der Waals surface area (Å²) in [6, 6.07) is 7.15. The van der Waals surface area contributed by atoms with Gasteiger partial charge in [0.15, 0.2) is 5.16 Å². The number of hydrogen-bond acceptors (Lipinski definition) is 7. The quantitative estimate of drug-likeness (QED) is 0.565. The second kappa shape index (κ2) is 10.5. The molecule has 31 heavy (non-hydrogen) atoms. The number of benzene rings is 1. The molecule has 1 aromatic heterocycles. The summed E-state index contributed by atoms with van der Waals surface area (Å²) in [7, 11) is -1.64. The maximum Gasteiger partial charge on any atom is 0.234 e. The second-order valence-electron chi connectivity index (χ2n) is 7.52. The van der Waals surface area contributed by atoms with Crippen LogP contribution in [0, 0.1) is 0 Å². The van der Waals surface area contributed by atoms with E-state index in [1.165, 1.54) is 22.3 Å². The Morgan fingerprint density at radius 1 is 1.29 bits per heavy atom. The van der Waals surface area contributed by atoms with Gasteiger partial charge < -0.3 is 14.6 Å². The number of hydrogen-bond donors (Lipinski definition) is 1. The van der Waals surface area contributed by atoms with Gasteiger partial charge in [0.05, 0.1) is 19.1 Å².